The fourth-order valence-corrected chi connectivity index (χ4v) is 4.06. The summed E-state index contributed by atoms with van der Waals surface area (Å²) < 4.78 is 44.5. The van der Waals surface area contributed by atoms with Gasteiger partial charge in [-0.05, 0) is 12.8 Å². The van der Waals surface area contributed by atoms with Crippen LogP contribution in [0, 0.1) is 10.8 Å². The molecule has 34 heavy (non-hydrogen) atoms. The van der Waals surface area contributed by atoms with E-state index in [0.29, 0.717) is 66.1 Å². The summed E-state index contributed by atoms with van der Waals surface area (Å²) in [6.45, 7) is 15.2. The Hall–Kier alpha value is -0.320. The number of hydrogen-bond acceptors (Lipinski definition) is 8. The molecule has 0 N–H and O–H groups in total. The third-order valence-corrected chi connectivity index (χ3v) is 6.43. The Bertz CT molecular complexity index is 426. The van der Waals surface area contributed by atoms with Crippen molar-refractivity contribution in [2.75, 3.05) is 106 Å². The van der Waals surface area contributed by atoms with Crippen LogP contribution in [0.3, 0.4) is 0 Å². The van der Waals surface area contributed by atoms with E-state index in [0.717, 1.165) is 39.6 Å². The van der Waals surface area contributed by atoms with E-state index in [2.05, 4.69) is 13.8 Å². The van der Waals surface area contributed by atoms with E-state index in [1.165, 1.54) is 38.5 Å². The van der Waals surface area contributed by atoms with Gasteiger partial charge < -0.3 is 37.9 Å². The highest BCUT2D eigenvalue weighted by molar-refractivity contribution is 4.86. The van der Waals surface area contributed by atoms with Gasteiger partial charge in [-0.1, -0.05) is 39.5 Å². The summed E-state index contributed by atoms with van der Waals surface area (Å²) in [5.41, 5.74) is 0.501. The van der Waals surface area contributed by atoms with Gasteiger partial charge in [0.25, 0.3) is 0 Å². The topological polar surface area (TPSA) is 73.8 Å². The molecule has 0 aromatic rings. The van der Waals surface area contributed by atoms with E-state index in [9.17, 15) is 0 Å². The lowest BCUT2D eigenvalue weighted by Gasteiger charge is -2.41. The summed E-state index contributed by atoms with van der Waals surface area (Å²) in [4.78, 5) is 0. The van der Waals surface area contributed by atoms with Gasteiger partial charge in [-0.15, -0.1) is 0 Å². The van der Waals surface area contributed by atoms with E-state index >= 15 is 0 Å². The molecule has 2 heterocycles. The predicted octanol–water partition coefficient (Wildman–Crippen LogP) is 3.50. The molecule has 2 aliphatic heterocycles. The van der Waals surface area contributed by atoms with Crippen LogP contribution in [0.15, 0.2) is 0 Å². The second-order valence-electron chi connectivity index (χ2n) is 9.75. The Balaban J connectivity index is 1.24. The fraction of sp³-hybridized carbons (Fsp3) is 1.00. The van der Waals surface area contributed by atoms with Gasteiger partial charge in [0, 0.05) is 10.8 Å². The van der Waals surface area contributed by atoms with Crippen molar-refractivity contribution < 1.29 is 37.9 Å². The van der Waals surface area contributed by atoms with Crippen molar-refractivity contribution in [2.45, 2.75) is 52.4 Å². The number of rotatable bonds is 25. The zero-order valence-electron chi connectivity index (χ0n) is 21.8. The van der Waals surface area contributed by atoms with E-state index in [1.807, 2.05) is 0 Å². The molecule has 0 unspecified atom stereocenters. The van der Waals surface area contributed by atoms with Gasteiger partial charge in [-0.3, -0.25) is 0 Å². The van der Waals surface area contributed by atoms with Crippen LogP contribution in [0.1, 0.15) is 52.4 Å². The van der Waals surface area contributed by atoms with Crippen LogP contribution in [-0.4, -0.2) is 106 Å². The molecule has 8 nitrogen and oxygen atoms in total. The second kappa shape index (κ2) is 18.9. The summed E-state index contributed by atoms with van der Waals surface area (Å²) in [5, 5.41) is 0. The van der Waals surface area contributed by atoms with Crippen LogP contribution >= 0.6 is 0 Å². The van der Waals surface area contributed by atoms with Crippen LogP contribution in [0.2, 0.25) is 0 Å². The van der Waals surface area contributed by atoms with Crippen LogP contribution in [0.25, 0.3) is 0 Å². The van der Waals surface area contributed by atoms with E-state index < -0.39 is 0 Å². The first kappa shape index (κ1) is 29.9. The molecule has 8 heteroatoms. The molecule has 2 aliphatic rings. The molecule has 0 atom stereocenters. The third-order valence-electron chi connectivity index (χ3n) is 6.43. The Kier molecular flexibility index (Phi) is 16.6. The molecular weight excluding hydrogens is 440 g/mol. The maximum atomic E-state index is 5.80. The summed E-state index contributed by atoms with van der Waals surface area (Å²) in [6, 6.07) is 0. The minimum Gasteiger partial charge on any atom is -0.380 e. The Morgan fingerprint density at radius 1 is 0.471 bits per heavy atom. The van der Waals surface area contributed by atoms with Gasteiger partial charge in [-0.2, -0.15) is 0 Å². The maximum Gasteiger partial charge on any atom is 0.0701 e. The lowest BCUT2D eigenvalue weighted by atomic mass is 9.82. The highest BCUT2D eigenvalue weighted by Gasteiger charge is 2.38. The van der Waals surface area contributed by atoms with Crippen molar-refractivity contribution in [1.82, 2.24) is 0 Å². The molecule has 0 aromatic carbocycles. The molecule has 0 spiro atoms. The molecular formula is C26H50O8. The van der Waals surface area contributed by atoms with Crippen LogP contribution < -0.4 is 0 Å². The average molecular weight is 491 g/mol. The van der Waals surface area contributed by atoms with Gasteiger partial charge in [0.1, 0.15) is 0 Å². The summed E-state index contributed by atoms with van der Waals surface area (Å²) in [5.74, 6) is 0. The van der Waals surface area contributed by atoms with Gasteiger partial charge in [-0.25, -0.2) is 0 Å². The standard InChI is InChI=1S/C26H50O8/c1-3-5-7-25(21-33-22-25)19-31-17-15-29-13-11-27-9-10-28-12-14-30-16-18-32-20-26(8-6-4-2)23-34-24-26/h3-24H2,1-2H3. The lowest BCUT2D eigenvalue weighted by molar-refractivity contribution is -0.156. The number of ether oxygens (including phenoxy) is 8. The average Bonchev–Trinajstić information content (AvgIpc) is 2.80. The second-order valence-corrected chi connectivity index (χ2v) is 9.75. The molecule has 0 amide bonds. The van der Waals surface area contributed by atoms with E-state index in [1.54, 1.807) is 0 Å². The Morgan fingerprint density at radius 2 is 0.765 bits per heavy atom. The smallest absolute Gasteiger partial charge is 0.0701 e. The minimum absolute atomic E-state index is 0.251. The molecule has 2 saturated heterocycles. The molecule has 2 fully saturated rings. The van der Waals surface area contributed by atoms with Crippen LogP contribution in [-0.2, 0) is 37.9 Å². The highest BCUT2D eigenvalue weighted by Crippen LogP contribution is 2.34. The van der Waals surface area contributed by atoms with Gasteiger partial charge >= 0.3 is 0 Å². The van der Waals surface area contributed by atoms with Gasteiger partial charge in [0.2, 0.25) is 0 Å². The van der Waals surface area contributed by atoms with Crippen molar-refractivity contribution in [2.24, 2.45) is 10.8 Å². The molecule has 0 bridgehead atoms. The summed E-state index contributed by atoms with van der Waals surface area (Å²) in [7, 11) is 0. The molecule has 2 rings (SSSR count). The normalized spacial score (nSPS) is 18.5. The summed E-state index contributed by atoms with van der Waals surface area (Å²) >= 11 is 0. The number of unbranched alkanes of at least 4 members (excludes halogenated alkanes) is 2. The zero-order chi connectivity index (χ0) is 24.2. The number of hydrogen-bond donors (Lipinski definition) is 0. The van der Waals surface area contributed by atoms with Crippen molar-refractivity contribution in [1.29, 1.82) is 0 Å². The first-order valence-electron chi connectivity index (χ1n) is 13.4. The molecule has 202 valence electrons. The monoisotopic (exact) mass is 490 g/mol. The van der Waals surface area contributed by atoms with Gasteiger partial charge in [0.15, 0.2) is 0 Å². The van der Waals surface area contributed by atoms with Crippen molar-refractivity contribution in [3.8, 4) is 0 Å². The summed E-state index contributed by atoms with van der Waals surface area (Å²) in [6.07, 6.45) is 7.30. The third kappa shape index (κ3) is 12.6. The molecule has 0 saturated carbocycles. The van der Waals surface area contributed by atoms with Crippen LogP contribution in [0.4, 0.5) is 0 Å². The first-order valence-corrected chi connectivity index (χ1v) is 13.4. The minimum atomic E-state index is 0.251. The first-order chi connectivity index (χ1) is 16.7. The SMILES string of the molecule is CCCCC1(COCCOCCOCCOCCOCCOCC2(CCCC)COC2)COC1. The Labute approximate surface area is 207 Å². The molecule has 0 aromatic heterocycles. The predicted molar refractivity (Wildman–Crippen MR) is 130 cm³/mol. The van der Waals surface area contributed by atoms with E-state index in [4.69, 9.17) is 37.9 Å². The van der Waals surface area contributed by atoms with Crippen LogP contribution in [0.5, 0.6) is 0 Å². The Morgan fingerprint density at radius 3 is 1.00 bits per heavy atom. The largest absolute Gasteiger partial charge is 0.380 e. The zero-order valence-corrected chi connectivity index (χ0v) is 21.8. The lowest BCUT2D eigenvalue weighted by Crippen LogP contribution is -2.46. The molecule has 0 radical (unpaired) electrons. The quantitative estimate of drug-likeness (QED) is 0.180. The van der Waals surface area contributed by atoms with Crippen molar-refractivity contribution in [3.63, 3.8) is 0 Å². The highest BCUT2D eigenvalue weighted by atomic mass is 16.6. The van der Waals surface area contributed by atoms with E-state index in [-0.39, 0.29) is 10.8 Å². The molecule has 0 aliphatic carbocycles. The fourth-order valence-electron chi connectivity index (χ4n) is 4.06. The van der Waals surface area contributed by atoms with Crippen molar-refractivity contribution >= 4 is 0 Å². The van der Waals surface area contributed by atoms with Crippen molar-refractivity contribution in [3.05, 3.63) is 0 Å². The maximum absolute atomic E-state index is 5.80. The van der Waals surface area contributed by atoms with Gasteiger partial charge in [0.05, 0.1) is 106 Å².